The van der Waals surface area contributed by atoms with E-state index in [2.05, 4.69) is 19.0 Å². The highest BCUT2D eigenvalue weighted by atomic mass is 16.5. The lowest BCUT2D eigenvalue weighted by Gasteiger charge is -2.26. The fourth-order valence-corrected chi connectivity index (χ4v) is 2.11. The zero-order valence-electron chi connectivity index (χ0n) is 8.26. The van der Waals surface area contributed by atoms with Gasteiger partial charge < -0.3 is 10.3 Å². The summed E-state index contributed by atoms with van der Waals surface area (Å²) >= 11 is 0. The summed E-state index contributed by atoms with van der Waals surface area (Å²) in [5.74, 6) is 1.05. The summed E-state index contributed by atoms with van der Waals surface area (Å²) in [5.41, 5.74) is 7.94. The quantitative estimate of drug-likeness (QED) is 0.716. The van der Waals surface area contributed by atoms with Crippen molar-refractivity contribution in [3.05, 3.63) is 17.0 Å². The Morgan fingerprint density at radius 2 is 2.31 bits per heavy atom. The van der Waals surface area contributed by atoms with Crippen LogP contribution < -0.4 is 5.73 Å². The van der Waals surface area contributed by atoms with Crippen LogP contribution in [0.1, 0.15) is 43.7 Å². The normalized spacial score (nSPS) is 19.9. The Bertz CT molecular complexity index is 315. The molecule has 1 aromatic heterocycles. The van der Waals surface area contributed by atoms with Crippen LogP contribution in [0.15, 0.2) is 4.52 Å². The third-order valence-corrected chi connectivity index (χ3v) is 2.91. The van der Waals surface area contributed by atoms with Crippen molar-refractivity contribution < 1.29 is 4.52 Å². The monoisotopic (exact) mass is 180 g/mol. The van der Waals surface area contributed by atoms with E-state index in [1.54, 1.807) is 0 Å². The van der Waals surface area contributed by atoms with Crippen LogP contribution in [-0.2, 0) is 18.4 Å². The summed E-state index contributed by atoms with van der Waals surface area (Å²) in [5, 5.41) is 4.01. The topological polar surface area (TPSA) is 52.0 Å². The third kappa shape index (κ3) is 1.27. The molecule has 0 spiro atoms. The van der Waals surface area contributed by atoms with Crippen molar-refractivity contribution in [3.8, 4) is 0 Å². The highest BCUT2D eigenvalue weighted by molar-refractivity contribution is 5.30. The van der Waals surface area contributed by atoms with Gasteiger partial charge in [-0.25, -0.2) is 0 Å². The van der Waals surface area contributed by atoms with E-state index >= 15 is 0 Å². The maximum Gasteiger partial charge on any atom is 0.145 e. The van der Waals surface area contributed by atoms with Gasteiger partial charge in [0.25, 0.3) is 0 Å². The Kier molecular flexibility index (Phi) is 1.91. The minimum absolute atomic E-state index is 0.147. The summed E-state index contributed by atoms with van der Waals surface area (Å²) < 4.78 is 5.36. The number of rotatable bonds is 1. The molecule has 0 atom stereocenters. The summed E-state index contributed by atoms with van der Waals surface area (Å²) in [6.07, 6.45) is 3.47. The van der Waals surface area contributed by atoms with E-state index in [4.69, 9.17) is 10.3 Å². The molecule has 1 aliphatic carbocycles. The van der Waals surface area contributed by atoms with Gasteiger partial charge in [-0.3, -0.25) is 0 Å². The molecular weight excluding hydrogens is 164 g/mol. The van der Waals surface area contributed by atoms with Gasteiger partial charge in [-0.2, -0.15) is 0 Å². The van der Waals surface area contributed by atoms with Crippen molar-refractivity contribution in [2.75, 3.05) is 0 Å². The van der Waals surface area contributed by atoms with Crippen LogP contribution in [0.4, 0.5) is 0 Å². The molecule has 0 bridgehead atoms. The lowest BCUT2D eigenvalue weighted by molar-refractivity contribution is 0.286. The van der Waals surface area contributed by atoms with Crippen molar-refractivity contribution in [2.24, 2.45) is 5.73 Å². The third-order valence-electron chi connectivity index (χ3n) is 2.91. The molecule has 1 aromatic rings. The first kappa shape index (κ1) is 8.75. The number of nitrogens with zero attached hydrogens (tertiary/aromatic N) is 1. The molecular formula is C10H16N2O. The van der Waals surface area contributed by atoms with Crippen molar-refractivity contribution in [1.82, 2.24) is 5.16 Å². The zero-order chi connectivity index (χ0) is 9.47. The second kappa shape index (κ2) is 2.84. The molecule has 1 heterocycles. The smallest absolute Gasteiger partial charge is 0.145 e. The average Bonchev–Trinajstić information content (AvgIpc) is 2.48. The second-order valence-electron chi connectivity index (χ2n) is 4.38. The fraction of sp³-hybridized carbons (Fsp3) is 0.700. The van der Waals surface area contributed by atoms with Gasteiger partial charge in [0.05, 0.1) is 0 Å². The van der Waals surface area contributed by atoms with Gasteiger partial charge >= 0.3 is 0 Å². The van der Waals surface area contributed by atoms with E-state index in [1.807, 2.05) is 0 Å². The first-order valence-corrected chi connectivity index (χ1v) is 4.83. The Labute approximate surface area is 78.3 Å². The minimum Gasteiger partial charge on any atom is -0.360 e. The van der Waals surface area contributed by atoms with Crippen LogP contribution in [0.25, 0.3) is 0 Å². The van der Waals surface area contributed by atoms with E-state index in [9.17, 15) is 0 Å². The van der Waals surface area contributed by atoms with Gasteiger partial charge in [0.2, 0.25) is 0 Å². The Hall–Kier alpha value is -0.830. The Morgan fingerprint density at radius 3 is 3.00 bits per heavy atom. The van der Waals surface area contributed by atoms with Crippen LogP contribution >= 0.6 is 0 Å². The lowest BCUT2D eigenvalue weighted by atomic mass is 9.77. The van der Waals surface area contributed by atoms with Gasteiger partial charge in [-0.15, -0.1) is 0 Å². The van der Waals surface area contributed by atoms with Crippen molar-refractivity contribution in [1.29, 1.82) is 0 Å². The largest absolute Gasteiger partial charge is 0.360 e. The van der Waals surface area contributed by atoms with Gasteiger partial charge in [0, 0.05) is 17.5 Å². The summed E-state index contributed by atoms with van der Waals surface area (Å²) in [7, 11) is 0. The molecule has 0 radical (unpaired) electrons. The van der Waals surface area contributed by atoms with E-state index in [0.29, 0.717) is 6.54 Å². The van der Waals surface area contributed by atoms with Crippen molar-refractivity contribution in [3.63, 3.8) is 0 Å². The SMILES string of the molecule is CC1(C)CCCc2c(CN)noc21. The predicted molar refractivity (Wildman–Crippen MR) is 50.4 cm³/mol. The average molecular weight is 180 g/mol. The number of fused-ring (bicyclic) bond motifs is 1. The minimum atomic E-state index is 0.147. The number of hydrogen-bond donors (Lipinski definition) is 1. The molecule has 0 unspecified atom stereocenters. The molecule has 3 heteroatoms. The Balaban J connectivity index is 2.48. The molecule has 0 aliphatic heterocycles. The molecule has 1 aliphatic rings. The number of hydrogen-bond acceptors (Lipinski definition) is 3. The maximum absolute atomic E-state index is 5.58. The number of nitrogens with two attached hydrogens (primary N) is 1. The molecule has 0 aromatic carbocycles. The number of aromatic nitrogens is 1. The summed E-state index contributed by atoms with van der Waals surface area (Å²) in [6, 6.07) is 0. The molecule has 0 saturated carbocycles. The van der Waals surface area contributed by atoms with Crippen molar-refractivity contribution >= 4 is 0 Å². The van der Waals surface area contributed by atoms with Crippen LogP contribution in [0.3, 0.4) is 0 Å². The van der Waals surface area contributed by atoms with E-state index in [0.717, 1.165) is 17.9 Å². The molecule has 13 heavy (non-hydrogen) atoms. The van der Waals surface area contributed by atoms with Crippen LogP contribution in [-0.4, -0.2) is 5.16 Å². The van der Waals surface area contributed by atoms with E-state index in [-0.39, 0.29) is 5.41 Å². The first-order chi connectivity index (χ1) is 6.15. The molecule has 2 N–H and O–H groups in total. The fourth-order valence-electron chi connectivity index (χ4n) is 2.11. The highest BCUT2D eigenvalue weighted by Gasteiger charge is 2.33. The van der Waals surface area contributed by atoms with Crippen LogP contribution in [0, 0.1) is 0 Å². The highest BCUT2D eigenvalue weighted by Crippen LogP contribution is 2.37. The predicted octanol–water partition coefficient (Wildman–Crippen LogP) is 1.75. The molecule has 3 nitrogen and oxygen atoms in total. The van der Waals surface area contributed by atoms with Gasteiger partial charge in [0.15, 0.2) is 0 Å². The standard InChI is InChI=1S/C10H16N2O/c1-10(2)5-3-4-7-8(6-11)12-13-9(7)10/h3-6,11H2,1-2H3. The molecule has 72 valence electrons. The van der Waals surface area contributed by atoms with Gasteiger partial charge in [-0.05, 0) is 19.3 Å². The lowest BCUT2D eigenvalue weighted by Crippen LogP contribution is -2.23. The van der Waals surface area contributed by atoms with E-state index in [1.165, 1.54) is 18.4 Å². The van der Waals surface area contributed by atoms with E-state index < -0.39 is 0 Å². The summed E-state index contributed by atoms with van der Waals surface area (Å²) in [6.45, 7) is 4.90. The molecule has 0 saturated heterocycles. The summed E-state index contributed by atoms with van der Waals surface area (Å²) in [4.78, 5) is 0. The maximum atomic E-state index is 5.58. The molecule has 0 fully saturated rings. The molecule has 2 rings (SSSR count). The second-order valence-corrected chi connectivity index (χ2v) is 4.38. The van der Waals surface area contributed by atoms with Gasteiger partial charge in [0.1, 0.15) is 11.5 Å². The van der Waals surface area contributed by atoms with Gasteiger partial charge in [-0.1, -0.05) is 19.0 Å². The van der Waals surface area contributed by atoms with Crippen molar-refractivity contribution in [2.45, 2.75) is 45.1 Å². The zero-order valence-corrected chi connectivity index (χ0v) is 8.26. The molecule has 0 amide bonds. The Morgan fingerprint density at radius 1 is 1.54 bits per heavy atom. The van der Waals surface area contributed by atoms with Crippen LogP contribution in [0.2, 0.25) is 0 Å². The van der Waals surface area contributed by atoms with Crippen LogP contribution in [0.5, 0.6) is 0 Å². The first-order valence-electron chi connectivity index (χ1n) is 4.83.